The molecule has 4 heteroatoms. The summed E-state index contributed by atoms with van der Waals surface area (Å²) in [6, 6.07) is 12.6. The predicted octanol–water partition coefficient (Wildman–Crippen LogP) is 8.04. The zero-order valence-electron chi connectivity index (χ0n) is 23.1. The lowest BCUT2D eigenvalue weighted by Gasteiger charge is -2.37. The Morgan fingerprint density at radius 3 is 2.34 bits per heavy atom. The number of hydrogen-bond donors (Lipinski definition) is 0. The van der Waals surface area contributed by atoms with E-state index in [9.17, 15) is 4.39 Å². The van der Waals surface area contributed by atoms with Crippen molar-refractivity contribution < 1.29 is 8.96 Å². The van der Waals surface area contributed by atoms with Gasteiger partial charge in [-0.25, -0.2) is 13.5 Å². The van der Waals surface area contributed by atoms with Gasteiger partial charge in [-0.05, 0) is 66.8 Å². The van der Waals surface area contributed by atoms with Gasteiger partial charge in [-0.1, -0.05) is 58.9 Å². The summed E-state index contributed by atoms with van der Waals surface area (Å²) in [5.74, 6) is 1.57. The summed E-state index contributed by atoms with van der Waals surface area (Å²) in [4.78, 5) is 4.12. The van der Waals surface area contributed by atoms with E-state index in [4.69, 9.17) is 0 Å². The SMILES string of the molecule is CC.CC.CC(=C/C[C@@]1(C)C(C)c2ccccc2-c2n1cc[n+]2C)/C(=C(/C)CF)c1ccncc1. The van der Waals surface area contributed by atoms with Crippen LogP contribution in [0.5, 0.6) is 0 Å². The number of halogens is 1. The predicted molar refractivity (Wildman–Crippen MR) is 147 cm³/mol. The average molecular weight is 477 g/mol. The van der Waals surface area contributed by atoms with Crippen LogP contribution in [0.2, 0.25) is 0 Å². The Morgan fingerprint density at radius 1 is 1.09 bits per heavy atom. The van der Waals surface area contributed by atoms with Gasteiger partial charge in [0.05, 0.1) is 12.6 Å². The van der Waals surface area contributed by atoms with Crippen LogP contribution < -0.4 is 4.57 Å². The van der Waals surface area contributed by atoms with Gasteiger partial charge in [-0.2, -0.15) is 0 Å². The summed E-state index contributed by atoms with van der Waals surface area (Å²) in [5.41, 5.74) is 6.40. The van der Waals surface area contributed by atoms with E-state index in [0.717, 1.165) is 28.7 Å². The molecule has 2 aromatic heterocycles. The highest BCUT2D eigenvalue weighted by atomic mass is 19.1. The van der Waals surface area contributed by atoms with E-state index in [2.05, 4.69) is 84.7 Å². The van der Waals surface area contributed by atoms with E-state index in [-0.39, 0.29) is 5.54 Å². The Labute approximate surface area is 212 Å². The standard InChI is InChI=1S/C27H31FN3.2C2H6/c1-19(25(20(2)18-28)22-11-14-29-15-12-22)10-13-27(4)21(3)23-8-6-7-9-24(23)26-30(5)16-17-31(26)27;2*1-2/h6-12,14-17,21H,13,18H2,1-5H3;2*1-2H3/q+1;;/b19-10-,25-20+;;/t21?,27-;;/m0../s1. The van der Waals surface area contributed by atoms with Gasteiger partial charge in [-0.3, -0.25) is 4.98 Å². The molecule has 3 nitrogen and oxygen atoms in total. The molecule has 3 heterocycles. The summed E-state index contributed by atoms with van der Waals surface area (Å²) in [5, 5.41) is 0. The van der Waals surface area contributed by atoms with Crippen LogP contribution in [0, 0.1) is 0 Å². The van der Waals surface area contributed by atoms with Crippen molar-refractivity contribution in [3.63, 3.8) is 0 Å². The zero-order chi connectivity index (χ0) is 26.2. The largest absolute Gasteiger partial charge is 0.289 e. The first-order valence-electron chi connectivity index (χ1n) is 12.9. The number of imidazole rings is 1. The molecule has 1 unspecified atom stereocenters. The molecule has 0 saturated carbocycles. The molecule has 0 bridgehead atoms. The number of fused-ring (bicyclic) bond motifs is 3. The molecular weight excluding hydrogens is 433 g/mol. The zero-order valence-corrected chi connectivity index (χ0v) is 23.1. The van der Waals surface area contributed by atoms with Crippen molar-refractivity contribution in [1.82, 2.24) is 9.55 Å². The minimum Gasteiger partial charge on any atom is -0.265 e. The summed E-state index contributed by atoms with van der Waals surface area (Å²) in [6.07, 6.45) is 11.0. The van der Waals surface area contributed by atoms with Crippen LogP contribution in [0.4, 0.5) is 4.39 Å². The number of aryl methyl sites for hydroxylation is 1. The van der Waals surface area contributed by atoms with Gasteiger partial charge in [0.2, 0.25) is 0 Å². The van der Waals surface area contributed by atoms with Gasteiger partial charge in [0.25, 0.3) is 5.82 Å². The van der Waals surface area contributed by atoms with Crippen LogP contribution in [-0.2, 0) is 12.6 Å². The summed E-state index contributed by atoms with van der Waals surface area (Å²) in [7, 11) is 2.11. The molecule has 0 fully saturated rings. The van der Waals surface area contributed by atoms with Gasteiger partial charge in [0, 0.05) is 24.7 Å². The highest BCUT2D eigenvalue weighted by Gasteiger charge is 2.46. The van der Waals surface area contributed by atoms with E-state index in [1.807, 2.05) is 46.8 Å². The van der Waals surface area contributed by atoms with Gasteiger partial charge in [0.1, 0.15) is 24.6 Å². The molecule has 0 N–H and O–H groups in total. The van der Waals surface area contributed by atoms with E-state index < -0.39 is 6.67 Å². The molecule has 35 heavy (non-hydrogen) atoms. The second-order valence-electron chi connectivity index (χ2n) is 8.88. The third-order valence-electron chi connectivity index (χ3n) is 6.97. The third kappa shape index (κ3) is 5.47. The van der Waals surface area contributed by atoms with Crippen molar-refractivity contribution in [1.29, 1.82) is 0 Å². The van der Waals surface area contributed by atoms with Crippen molar-refractivity contribution >= 4 is 5.57 Å². The molecule has 0 spiro atoms. The maximum Gasteiger partial charge on any atom is 0.289 e. The van der Waals surface area contributed by atoms with Gasteiger partial charge in [0.15, 0.2) is 0 Å². The van der Waals surface area contributed by atoms with Crippen LogP contribution in [0.25, 0.3) is 17.0 Å². The number of pyridine rings is 1. The molecule has 1 aromatic carbocycles. The van der Waals surface area contributed by atoms with Gasteiger partial charge in [-0.15, -0.1) is 0 Å². The van der Waals surface area contributed by atoms with E-state index in [1.54, 1.807) is 12.4 Å². The number of allylic oxidation sites excluding steroid dienone is 4. The van der Waals surface area contributed by atoms with Crippen LogP contribution in [-0.4, -0.2) is 16.2 Å². The average Bonchev–Trinajstić information content (AvgIpc) is 3.31. The lowest BCUT2D eigenvalue weighted by Crippen LogP contribution is -2.42. The molecular formula is C31H43FN3+. The lowest BCUT2D eigenvalue weighted by molar-refractivity contribution is -0.660. The summed E-state index contributed by atoms with van der Waals surface area (Å²) >= 11 is 0. The fourth-order valence-corrected chi connectivity index (χ4v) is 4.96. The molecule has 2 atom stereocenters. The minimum absolute atomic E-state index is 0.126. The number of benzene rings is 1. The number of nitrogens with zero attached hydrogens (tertiary/aromatic N) is 3. The van der Waals surface area contributed by atoms with E-state index >= 15 is 0 Å². The maximum atomic E-state index is 13.7. The molecule has 1 aliphatic heterocycles. The third-order valence-corrected chi connectivity index (χ3v) is 6.97. The van der Waals surface area contributed by atoms with Crippen LogP contribution in [0.1, 0.15) is 78.9 Å². The fraction of sp³-hybridized carbons (Fsp3) is 0.419. The summed E-state index contributed by atoms with van der Waals surface area (Å²) in [6.45, 7) is 16.2. The smallest absolute Gasteiger partial charge is 0.265 e. The lowest BCUT2D eigenvalue weighted by atomic mass is 9.74. The Morgan fingerprint density at radius 2 is 1.71 bits per heavy atom. The first-order valence-corrected chi connectivity index (χ1v) is 12.9. The van der Waals surface area contributed by atoms with Crippen molar-refractivity contribution in [2.24, 2.45) is 7.05 Å². The molecule has 188 valence electrons. The first kappa shape index (κ1) is 28.2. The normalized spacial score (nSPS) is 19.3. The number of aromatic nitrogens is 3. The second-order valence-corrected chi connectivity index (χ2v) is 8.88. The Hall–Kier alpha value is -3.01. The van der Waals surface area contributed by atoms with E-state index in [1.165, 1.54) is 17.0 Å². The molecule has 0 saturated heterocycles. The van der Waals surface area contributed by atoms with Crippen molar-refractivity contribution in [3.05, 3.63) is 89.5 Å². The van der Waals surface area contributed by atoms with E-state index in [0.29, 0.717) is 5.92 Å². The molecule has 3 aromatic rings. The Bertz CT molecular complexity index is 1160. The fourth-order valence-electron chi connectivity index (χ4n) is 4.96. The first-order chi connectivity index (χ1) is 16.9. The molecule has 0 aliphatic carbocycles. The van der Waals surface area contributed by atoms with Crippen LogP contribution in [0.3, 0.4) is 0 Å². The van der Waals surface area contributed by atoms with Crippen LogP contribution in [0.15, 0.2) is 78.4 Å². The highest BCUT2D eigenvalue weighted by Crippen LogP contribution is 2.47. The Kier molecular flexibility index (Phi) is 10.2. The molecule has 4 rings (SSSR count). The van der Waals surface area contributed by atoms with Gasteiger partial charge >= 0.3 is 0 Å². The Balaban J connectivity index is 0.00000103. The minimum atomic E-state index is -0.457. The van der Waals surface area contributed by atoms with Gasteiger partial charge < -0.3 is 0 Å². The number of rotatable bonds is 5. The second kappa shape index (κ2) is 12.6. The maximum absolute atomic E-state index is 13.7. The quantitative estimate of drug-likeness (QED) is 0.270. The highest BCUT2D eigenvalue weighted by molar-refractivity contribution is 5.80. The molecule has 0 radical (unpaired) electrons. The van der Waals surface area contributed by atoms with Crippen molar-refractivity contribution in [2.75, 3.05) is 6.67 Å². The van der Waals surface area contributed by atoms with Crippen LogP contribution >= 0.6 is 0 Å². The molecule has 0 amide bonds. The van der Waals surface area contributed by atoms with Crippen molar-refractivity contribution in [2.45, 2.75) is 73.3 Å². The monoisotopic (exact) mass is 476 g/mol. The number of hydrogen-bond acceptors (Lipinski definition) is 1. The number of alkyl halides is 1. The topological polar surface area (TPSA) is 21.7 Å². The molecule has 1 aliphatic rings. The summed E-state index contributed by atoms with van der Waals surface area (Å²) < 4.78 is 18.3. The van der Waals surface area contributed by atoms with Crippen molar-refractivity contribution in [3.8, 4) is 11.4 Å².